The molecule has 11 nitrogen and oxygen atoms in total. The molecule has 0 fully saturated rings. The minimum Gasteiger partial charge on any atom is -0.444 e. The van der Waals surface area contributed by atoms with E-state index in [1.165, 1.54) is 24.3 Å². The van der Waals surface area contributed by atoms with Crippen LogP contribution in [0.15, 0.2) is 36.4 Å². The van der Waals surface area contributed by atoms with E-state index in [0.29, 0.717) is 19.3 Å². The molecule has 0 bridgehead atoms. The average molecular weight is 665 g/mol. The fourth-order valence-corrected chi connectivity index (χ4v) is 5.05. The highest BCUT2D eigenvalue weighted by atomic mass is 19.1. The Kier molecular flexibility index (Phi) is 15.6. The minimum absolute atomic E-state index is 0.00259. The summed E-state index contributed by atoms with van der Waals surface area (Å²) in [6, 6.07) is 7.27. The molecule has 0 spiro atoms. The third-order valence-electron chi connectivity index (χ3n) is 7.23. The molecule has 2 unspecified atom stereocenters. The molecule has 2 heterocycles. The van der Waals surface area contributed by atoms with Gasteiger partial charge in [0, 0.05) is 12.1 Å². The van der Waals surface area contributed by atoms with Crippen LogP contribution in [0.4, 0.5) is 30.0 Å². The van der Waals surface area contributed by atoms with Crippen LogP contribution < -0.4 is 16.0 Å². The second-order valence-electron chi connectivity index (χ2n) is 13.6. The molecule has 0 radical (unpaired) electrons. The standard InChI is InChI=1S/C34H54F2N6O5/c1-9-11-15-23(25(43)21-37-29-19-13-17-27(35)40-29)39-31(44)46-26(22-38-30-20-14-18-28(36)41-30)24(16-12-10-2)42(33(3,4)5)32(45)47-34(6,7)8/h13-14,17-20,23-26,43H,9-12,15-16,21-22H2,1-8H3,(H,37,40)(H,38,41)(H,39,44)/t23-,24?,25?,26-/m0/s1. The normalized spacial score (nSPS) is 14.4. The Labute approximate surface area is 278 Å². The number of carbonyl (C=O) groups excluding carboxylic acids is 2. The number of alkyl carbamates (subject to hydrolysis) is 1. The number of amides is 2. The lowest BCUT2D eigenvalue weighted by molar-refractivity contribution is -0.0382. The van der Waals surface area contributed by atoms with E-state index in [0.717, 1.165) is 19.3 Å². The molecule has 0 saturated heterocycles. The van der Waals surface area contributed by atoms with E-state index in [-0.39, 0.29) is 24.7 Å². The number of aliphatic hydroxyl groups excluding tert-OH is 1. The summed E-state index contributed by atoms with van der Waals surface area (Å²) in [5.74, 6) is -0.843. The molecule has 0 aliphatic carbocycles. The summed E-state index contributed by atoms with van der Waals surface area (Å²) >= 11 is 0. The number of hydrogen-bond donors (Lipinski definition) is 4. The Bertz CT molecular complexity index is 1260. The van der Waals surface area contributed by atoms with E-state index in [1.54, 1.807) is 37.8 Å². The lowest BCUT2D eigenvalue weighted by atomic mass is 9.95. The summed E-state index contributed by atoms with van der Waals surface area (Å²) < 4.78 is 39.4. The van der Waals surface area contributed by atoms with Crippen molar-refractivity contribution in [3.8, 4) is 0 Å². The van der Waals surface area contributed by atoms with Gasteiger partial charge in [-0.2, -0.15) is 8.78 Å². The number of nitrogens with zero attached hydrogens (tertiary/aromatic N) is 3. The first-order chi connectivity index (χ1) is 22.0. The SMILES string of the molecule is CCCCC([C@H](CNc1cccc(F)n1)OC(=O)N[C@@H](CCCC)C(O)CNc1cccc(F)n1)N(C(=O)OC(C)(C)C)C(C)(C)C. The van der Waals surface area contributed by atoms with E-state index in [2.05, 4.69) is 25.9 Å². The fourth-order valence-electron chi connectivity index (χ4n) is 5.05. The molecule has 2 aromatic heterocycles. The van der Waals surface area contributed by atoms with Crippen LogP contribution in [0.1, 0.15) is 93.9 Å². The summed E-state index contributed by atoms with van der Waals surface area (Å²) in [5, 5.41) is 19.8. The van der Waals surface area contributed by atoms with Gasteiger partial charge in [-0.05, 0) is 78.6 Å². The molecule has 264 valence electrons. The topological polar surface area (TPSA) is 138 Å². The van der Waals surface area contributed by atoms with E-state index in [1.807, 2.05) is 34.6 Å². The molecular formula is C34H54F2N6O5. The fraction of sp³-hybridized carbons (Fsp3) is 0.647. The molecule has 4 N–H and O–H groups in total. The van der Waals surface area contributed by atoms with Crippen LogP contribution in [0.2, 0.25) is 0 Å². The summed E-state index contributed by atoms with van der Waals surface area (Å²) in [6.45, 7) is 15.0. The molecule has 2 rings (SSSR count). The second kappa shape index (κ2) is 18.6. The monoisotopic (exact) mass is 664 g/mol. The molecule has 0 aliphatic heterocycles. The van der Waals surface area contributed by atoms with Crippen LogP contribution in [0.25, 0.3) is 0 Å². The van der Waals surface area contributed by atoms with Crippen LogP contribution in [0.3, 0.4) is 0 Å². The predicted molar refractivity (Wildman–Crippen MR) is 179 cm³/mol. The van der Waals surface area contributed by atoms with Gasteiger partial charge < -0.3 is 30.5 Å². The predicted octanol–water partition coefficient (Wildman–Crippen LogP) is 6.89. The number of carbonyl (C=O) groups is 2. The van der Waals surface area contributed by atoms with Gasteiger partial charge in [0.15, 0.2) is 0 Å². The van der Waals surface area contributed by atoms with Crippen LogP contribution in [-0.4, -0.2) is 80.7 Å². The molecule has 4 atom stereocenters. The number of nitrogens with one attached hydrogen (secondary N) is 3. The number of pyridine rings is 2. The van der Waals surface area contributed by atoms with Crippen LogP contribution in [0, 0.1) is 11.9 Å². The summed E-state index contributed by atoms with van der Waals surface area (Å²) in [6.07, 6.45) is 0.657. The zero-order valence-corrected chi connectivity index (χ0v) is 29.1. The number of aliphatic hydroxyl groups is 1. The smallest absolute Gasteiger partial charge is 0.411 e. The second-order valence-corrected chi connectivity index (χ2v) is 13.6. The molecule has 2 amide bonds. The van der Waals surface area contributed by atoms with Crippen molar-refractivity contribution in [1.82, 2.24) is 20.2 Å². The molecular weight excluding hydrogens is 610 g/mol. The summed E-state index contributed by atoms with van der Waals surface area (Å²) in [4.78, 5) is 36.5. The largest absolute Gasteiger partial charge is 0.444 e. The number of hydrogen-bond acceptors (Lipinski definition) is 9. The molecule has 2 aromatic rings. The molecule has 47 heavy (non-hydrogen) atoms. The zero-order chi connectivity index (χ0) is 35.2. The van der Waals surface area contributed by atoms with Crippen molar-refractivity contribution in [2.24, 2.45) is 0 Å². The first-order valence-corrected chi connectivity index (χ1v) is 16.4. The van der Waals surface area contributed by atoms with Crippen molar-refractivity contribution in [2.75, 3.05) is 23.7 Å². The van der Waals surface area contributed by atoms with Crippen molar-refractivity contribution in [3.05, 3.63) is 48.3 Å². The van der Waals surface area contributed by atoms with Crippen molar-refractivity contribution < 1.29 is 33.0 Å². The van der Waals surface area contributed by atoms with Crippen molar-refractivity contribution in [2.45, 2.75) is 129 Å². The Balaban J connectivity index is 2.39. The Morgan fingerprint density at radius 1 is 0.872 bits per heavy atom. The lowest BCUT2D eigenvalue weighted by Crippen LogP contribution is -2.59. The van der Waals surface area contributed by atoms with Crippen LogP contribution in [0.5, 0.6) is 0 Å². The van der Waals surface area contributed by atoms with Crippen molar-refractivity contribution in [1.29, 1.82) is 0 Å². The third-order valence-corrected chi connectivity index (χ3v) is 7.23. The highest BCUT2D eigenvalue weighted by Crippen LogP contribution is 2.28. The van der Waals surface area contributed by atoms with Crippen molar-refractivity contribution in [3.63, 3.8) is 0 Å². The Morgan fingerprint density at radius 2 is 1.40 bits per heavy atom. The van der Waals surface area contributed by atoms with E-state index in [4.69, 9.17) is 9.47 Å². The highest BCUT2D eigenvalue weighted by molar-refractivity contribution is 5.70. The zero-order valence-electron chi connectivity index (χ0n) is 29.1. The first kappa shape index (κ1) is 39.4. The average Bonchev–Trinajstić information content (AvgIpc) is 2.96. The molecule has 13 heteroatoms. The number of ether oxygens (including phenoxy) is 2. The maximum absolute atomic E-state index is 13.9. The lowest BCUT2D eigenvalue weighted by Gasteiger charge is -2.44. The van der Waals surface area contributed by atoms with Crippen LogP contribution in [-0.2, 0) is 9.47 Å². The van der Waals surface area contributed by atoms with Gasteiger partial charge in [0.1, 0.15) is 23.3 Å². The van der Waals surface area contributed by atoms with Gasteiger partial charge in [-0.1, -0.05) is 51.7 Å². The number of rotatable bonds is 17. The number of halogens is 2. The number of unbranched alkanes of at least 4 members (excludes halogenated alkanes) is 2. The van der Waals surface area contributed by atoms with Gasteiger partial charge in [0.05, 0.1) is 24.7 Å². The van der Waals surface area contributed by atoms with Crippen LogP contribution >= 0.6 is 0 Å². The van der Waals surface area contributed by atoms with Gasteiger partial charge in [0.2, 0.25) is 11.9 Å². The van der Waals surface area contributed by atoms with Gasteiger partial charge in [-0.3, -0.25) is 4.90 Å². The Hall–Kier alpha value is -3.74. The minimum atomic E-state index is -1.06. The number of aromatic nitrogens is 2. The van der Waals surface area contributed by atoms with E-state index in [9.17, 15) is 23.5 Å². The summed E-state index contributed by atoms with van der Waals surface area (Å²) in [7, 11) is 0. The van der Waals surface area contributed by atoms with Gasteiger partial charge in [-0.25, -0.2) is 19.6 Å². The van der Waals surface area contributed by atoms with Gasteiger partial charge in [0.25, 0.3) is 0 Å². The Morgan fingerprint density at radius 3 is 1.89 bits per heavy atom. The highest BCUT2D eigenvalue weighted by Gasteiger charge is 2.41. The number of anilines is 2. The maximum Gasteiger partial charge on any atom is 0.411 e. The molecule has 0 saturated carbocycles. The van der Waals surface area contributed by atoms with Gasteiger partial charge >= 0.3 is 12.2 Å². The summed E-state index contributed by atoms with van der Waals surface area (Å²) in [5.41, 5.74) is -1.50. The first-order valence-electron chi connectivity index (χ1n) is 16.4. The van der Waals surface area contributed by atoms with E-state index < -0.39 is 59.5 Å². The molecule has 0 aromatic carbocycles. The van der Waals surface area contributed by atoms with Gasteiger partial charge in [-0.15, -0.1) is 0 Å². The molecule has 0 aliphatic rings. The van der Waals surface area contributed by atoms with E-state index >= 15 is 0 Å². The quantitative estimate of drug-likeness (QED) is 0.133. The van der Waals surface area contributed by atoms with Crippen molar-refractivity contribution >= 4 is 23.8 Å². The maximum atomic E-state index is 13.9. The third kappa shape index (κ3) is 14.3.